The molecule has 6 nitrogen and oxygen atoms in total. The first kappa shape index (κ1) is 19.3. The van der Waals surface area contributed by atoms with E-state index in [4.69, 9.17) is 5.14 Å². The molecule has 25 heavy (non-hydrogen) atoms. The Morgan fingerprint density at radius 1 is 1.24 bits per heavy atom. The SMILES string of the molecule is CCNC(=NCc1cc(F)ccc1F)NCc1ccc(S(N)(=O)=O)s1. The maximum atomic E-state index is 13.6. The lowest BCUT2D eigenvalue weighted by molar-refractivity contribution is 0.585. The van der Waals surface area contributed by atoms with Gasteiger partial charge in [0.25, 0.3) is 0 Å². The molecule has 0 bridgehead atoms. The van der Waals surface area contributed by atoms with E-state index in [1.165, 1.54) is 6.07 Å². The Hall–Kier alpha value is -2.04. The second kappa shape index (κ2) is 8.37. The molecule has 0 unspecified atom stereocenters. The van der Waals surface area contributed by atoms with Crippen molar-refractivity contribution < 1.29 is 17.2 Å². The van der Waals surface area contributed by atoms with Crippen LogP contribution in [-0.4, -0.2) is 20.9 Å². The number of thiophene rings is 1. The molecular formula is C15H18F2N4O2S2. The van der Waals surface area contributed by atoms with Gasteiger partial charge in [0.1, 0.15) is 15.8 Å². The molecule has 1 heterocycles. The molecule has 0 aliphatic carbocycles. The summed E-state index contributed by atoms with van der Waals surface area (Å²) < 4.78 is 49.4. The molecule has 136 valence electrons. The third kappa shape index (κ3) is 5.76. The van der Waals surface area contributed by atoms with Crippen LogP contribution in [-0.2, 0) is 23.1 Å². The van der Waals surface area contributed by atoms with Crippen LogP contribution in [0.3, 0.4) is 0 Å². The van der Waals surface area contributed by atoms with Gasteiger partial charge in [0.05, 0.1) is 13.1 Å². The summed E-state index contributed by atoms with van der Waals surface area (Å²) in [5, 5.41) is 11.1. The number of primary sulfonamides is 1. The third-order valence-electron chi connectivity index (χ3n) is 3.11. The van der Waals surface area contributed by atoms with Crippen LogP contribution >= 0.6 is 11.3 Å². The van der Waals surface area contributed by atoms with E-state index >= 15 is 0 Å². The summed E-state index contributed by atoms with van der Waals surface area (Å²) in [6.45, 7) is 2.72. The zero-order chi connectivity index (χ0) is 18.4. The molecule has 10 heteroatoms. The Kier molecular flexibility index (Phi) is 6.45. The lowest BCUT2D eigenvalue weighted by Gasteiger charge is -2.10. The average Bonchev–Trinajstić information content (AvgIpc) is 3.02. The summed E-state index contributed by atoms with van der Waals surface area (Å²) >= 11 is 1.05. The van der Waals surface area contributed by atoms with Crippen molar-refractivity contribution in [2.75, 3.05) is 6.54 Å². The quantitative estimate of drug-likeness (QED) is 0.520. The molecular weight excluding hydrogens is 370 g/mol. The zero-order valence-corrected chi connectivity index (χ0v) is 15.1. The van der Waals surface area contributed by atoms with Gasteiger partial charge < -0.3 is 10.6 Å². The molecule has 1 aromatic heterocycles. The molecule has 0 amide bonds. The standard InChI is InChI=1S/C15H18F2N4O2S2/c1-2-19-15(20-8-10-7-11(16)3-5-13(10)17)21-9-12-4-6-14(24-12)25(18,22)23/h3-7H,2,8-9H2,1H3,(H2,18,22,23)(H2,19,20,21). The molecule has 2 rings (SSSR count). The van der Waals surface area contributed by atoms with Crippen molar-refractivity contribution in [2.45, 2.75) is 24.2 Å². The number of hydrogen-bond donors (Lipinski definition) is 3. The highest BCUT2D eigenvalue weighted by molar-refractivity contribution is 7.91. The molecule has 0 radical (unpaired) electrons. The molecule has 0 saturated carbocycles. The van der Waals surface area contributed by atoms with Crippen LogP contribution in [0.4, 0.5) is 8.78 Å². The van der Waals surface area contributed by atoms with E-state index < -0.39 is 21.7 Å². The van der Waals surface area contributed by atoms with Crippen LogP contribution in [0.15, 0.2) is 39.5 Å². The van der Waals surface area contributed by atoms with Gasteiger partial charge in [0, 0.05) is 17.0 Å². The van der Waals surface area contributed by atoms with Crippen molar-refractivity contribution in [3.63, 3.8) is 0 Å². The maximum absolute atomic E-state index is 13.6. The van der Waals surface area contributed by atoms with Crippen molar-refractivity contribution >= 4 is 27.3 Å². The predicted molar refractivity (Wildman–Crippen MR) is 93.7 cm³/mol. The number of aliphatic imine (C=N–C) groups is 1. The fraction of sp³-hybridized carbons (Fsp3) is 0.267. The van der Waals surface area contributed by atoms with Crippen LogP contribution in [0, 0.1) is 11.6 Å². The Bertz CT molecular complexity index is 866. The van der Waals surface area contributed by atoms with E-state index in [9.17, 15) is 17.2 Å². The van der Waals surface area contributed by atoms with Gasteiger partial charge in [-0.3, -0.25) is 0 Å². The van der Waals surface area contributed by atoms with Gasteiger partial charge in [-0.1, -0.05) is 0 Å². The van der Waals surface area contributed by atoms with Crippen LogP contribution in [0.2, 0.25) is 0 Å². The minimum absolute atomic E-state index is 0.0359. The Balaban J connectivity index is 2.05. The number of benzene rings is 1. The highest BCUT2D eigenvalue weighted by atomic mass is 32.2. The van der Waals surface area contributed by atoms with Gasteiger partial charge in [0.2, 0.25) is 10.0 Å². The molecule has 0 saturated heterocycles. The summed E-state index contributed by atoms with van der Waals surface area (Å²) in [4.78, 5) is 4.95. The fourth-order valence-corrected chi connectivity index (χ4v) is 3.67. The highest BCUT2D eigenvalue weighted by Gasteiger charge is 2.11. The number of hydrogen-bond acceptors (Lipinski definition) is 4. The van der Waals surface area contributed by atoms with Gasteiger partial charge in [-0.2, -0.15) is 0 Å². The molecule has 0 aliphatic rings. The van der Waals surface area contributed by atoms with Crippen molar-refractivity contribution in [3.05, 3.63) is 52.4 Å². The summed E-state index contributed by atoms with van der Waals surface area (Å²) in [5.41, 5.74) is 0.143. The molecule has 2 aromatic rings. The molecule has 0 fully saturated rings. The molecule has 0 aliphatic heterocycles. The van der Waals surface area contributed by atoms with E-state index in [0.29, 0.717) is 19.0 Å². The second-order valence-electron chi connectivity index (χ2n) is 5.05. The molecule has 4 N–H and O–H groups in total. The highest BCUT2D eigenvalue weighted by Crippen LogP contribution is 2.20. The van der Waals surface area contributed by atoms with Gasteiger partial charge in [-0.15, -0.1) is 11.3 Å². The Morgan fingerprint density at radius 2 is 2.00 bits per heavy atom. The number of rotatable bonds is 6. The minimum atomic E-state index is -3.72. The first-order valence-electron chi connectivity index (χ1n) is 7.37. The van der Waals surface area contributed by atoms with E-state index in [1.807, 2.05) is 6.92 Å². The lowest BCUT2D eigenvalue weighted by Crippen LogP contribution is -2.36. The van der Waals surface area contributed by atoms with E-state index in [1.54, 1.807) is 6.07 Å². The number of sulfonamides is 1. The smallest absolute Gasteiger partial charge is 0.247 e. The van der Waals surface area contributed by atoms with E-state index in [-0.39, 0.29) is 16.3 Å². The molecule has 1 aromatic carbocycles. The van der Waals surface area contributed by atoms with Crippen LogP contribution in [0.25, 0.3) is 0 Å². The van der Waals surface area contributed by atoms with Crippen molar-refractivity contribution in [3.8, 4) is 0 Å². The van der Waals surface area contributed by atoms with Crippen molar-refractivity contribution in [1.29, 1.82) is 0 Å². The van der Waals surface area contributed by atoms with E-state index in [2.05, 4.69) is 15.6 Å². The normalized spacial score (nSPS) is 12.2. The Morgan fingerprint density at radius 3 is 2.64 bits per heavy atom. The summed E-state index contributed by atoms with van der Waals surface area (Å²) in [7, 11) is -3.72. The minimum Gasteiger partial charge on any atom is -0.357 e. The van der Waals surface area contributed by atoms with Crippen LogP contribution < -0.4 is 15.8 Å². The second-order valence-corrected chi connectivity index (χ2v) is 8.01. The average molecular weight is 388 g/mol. The molecule has 0 spiro atoms. The van der Waals surface area contributed by atoms with E-state index in [0.717, 1.165) is 34.4 Å². The number of guanidine groups is 1. The zero-order valence-electron chi connectivity index (χ0n) is 13.4. The molecule has 0 atom stereocenters. The van der Waals surface area contributed by atoms with Crippen LogP contribution in [0.1, 0.15) is 17.4 Å². The topological polar surface area (TPSA) is 96.6 Å². The third-order valence-corrected chi connectivity index (χ3v) is 5.63. The van der Waals surface area contributed by atoms with Gasteiger partial charge in [-0.05, 0) is 37.3 Å². The van der Waals surface area contributed by atoms with Gasteiger partial charge >= 0.3 is 0 Å². The summed E-state index contributed by atoms with van der Waals surface area (Å²) in [5.74, 6) is -0.660. The monoisotopic (exact) mass is 388 g/mol. The van der Waals surface area contributed by atoms with Gasteiger partial charge in [-0.25, -0.2) is 27.3 Å². The number of halogens is 2. The maximum Gasteiger partial charge on any atom is 0.247 e. The number of nitrogens with one attached hydrogen (secondary N) is 2. The Labute approximate surface area is 148 Å². The largest absolute Gasteiger partial charge is 0.357 e. The van der Waals surface area contributed by atoms with Gasteiger partial charge in [0.15, 0.2) is 5.96 Å². The number of nitrogens with zero attached hydrogens (tertiary/aromatic N) is 1. The predicted octanol–water partition coefficient (Wildman–Crippen LogP) is 1.93. The number of nitrogens with two attached hydrogens (primary N) is 1. The van der Waals surface area contributed by atoms with Crippen LogP contribution in [0.5, 0.6) is 0 Å². The summed E-state index contributed by atoms with van der Waals surface area (Å²) in [6.07, 6.45) is 0. The van der Waals surface area contributed by atoms with Crippen molar-refractivity contribution in [1.82, 2.24) is 10.6 Å². The van der Waals surface area contributed by atoms with Crippen molar-refractivity contribution in [2.24, 2.45) is 10.1 Å². The first-order chi connectivity index (χ1) is 11.8. The lowest BCUT2D eigenvalue weighted by atomic mass is 10.2. The summed E-state index contributed by atoms with van der Waals surface area (Å²) in [6, 6.07) is 6.28. The first-order valence-corrected chi connectivity index (χ1v) is 9.73. The fourth-order valence-electron chi connectivity index (χ4n) is 1.95.